The van der Waals surface area contributed by atoms with E-state index in [1.165, 1.54) is 0 Å². The molecule has 0 aromatic heterocycles. The van der Waals surface area contributed by atoms with Gasteiger partial charge in [-0.2, -0.15) is 0 Å². The maximum absolute atomic E-state index is 5.86. The fourth-order valence-electron chi connectivity index (χ4n) is 2.24. The number of morpholine rings is 2. The molecule has 2 aliphatic rings. The lowest BCUT2D eigenvalue weighted by Gasteiger charge is -2.55. The molecule has 4 unspecified atom stereocenters. The Labute approximate surface area is 85.3 Å². The largest absolute Gasteiger partial charge is 0.355 e. The summed E-state index contributed by atoms with van der Waals surface area (Å²) >= 11 is 0. The van der Waals surface area contributed by atoms with Gasteiger partial charge in [0.25, 0.3) is 0 Å². The van der Waals surface area contributed by atoms with Crippen molar-refractivity contribution in [1.29, 1.82) is 0 Å². The van der Waals surface area contributed by atoms with E-state index in [1.54, 1.807) is 0 Å². The van der Waals surface area contributed by atoms with E-state index in [9.17, 15) is 0 Å². The van der Waals surface area contributed by atoms with Crippen molar-refractivity contribution in [3.05, 3.63) is 0 Å². The summed E-state index contributed by atoms with van der Waals surface area (Å²) in [6, 6.07) is 0.673. The highest BCUT2D eigenvalue weighted by atomic mass is 16.6. The zero-order valence-corrected chi connectivity index (χ0v) is 9.39. The predicted octanol–water partition coefficient (Wildman–Crippen LogP) is 0.435. The molecular formula is C10H20N2O2. The van der Waals surface area contributed by atoms with Crippen LogP contribution < -0.4 is 10.6 Å². The van der Waals surface area contributed by atoms with Crippen LogP contribution in [0.3, 0.4) is 0 Å². The summed E-state index contributed by atoms with van der Waals surface area (Å²) in [6.45, 7) is 9.73. The second kappa shape index (κ2) is 3.17. The summed E-state index contributed by atoms with van der Waals surface area (Å²) in [6.07, 6.45) is 0. The van der Waals surface area contributed by atoms with Crippen molar-refractivity contribution >= 4 is 0 Å². The summed E-state index contributed by atoms with van der Waals surface area (Å²) < 4.78 is 11.7. The molecule has 0 amide bonds. The lowest BCUT2D eigenvalue weighted by atomic mass is 9.96. The van der Waals surface area contributed by atoms with Crippen LogP contribution in [0.1, 0.15) is 27.7 Å². The van der Waals surface area contributed by atoms with Gasteiger partial charge in [-0.1, -0.05) is 0 Å². The first kappa shape index (κ1) is 10.4. The predicted molar refractivity (Wildman–Crippen MR) is 53.9 cm³/mol. The third-order valence-electron chi connectivity index (χ3n) is 3.20. The zero-order valence-electron chi connectivity index (χ0n) is 9.39. The van der Waals surface area contributed by atoms with Crippen molar-refractivity contribution in [3.8, 4) is 0 Å². The van der Waals surface area contributed by atoms with Crippen molar-refractivity contribution in [3.63, 3.8) is 0 Å². The number of hydrogen-bond donors (Lipinski definition) is 2. The van der Waals surface area contributed by atoms with Gasteiger partial charge >= 0.3 is 0 Å². The highest BCUT2D eigenvalue weighted by Crippen LogP contribution is 2.32. The molecule has 2 heterocycles. The molecule has 2 fully saturated rings. The highest BCUT2D eigenvalue weighted by Gasteiger charge is 2.53. The second-order valence-electron chi connectivity index (χ2n) is 4.78. The first-order valence-electron chi connectivity index (χ1n) is 5.28. The highest BCUT2D eigenvalue weighted by molar-refractivity contribution is 5.01. The number of rotatable bonds is 0. The van der Waals surface area contributed by atoms with E-state index in [1.807, 2.05) is 13.8 Å². The zero-order chi connectivity index (χ0) is 10.4. The van der Waals surface area contributed by atoms with Crippen LogP contribution in [0.2, 0.25) is 0 Å². The SMILES string of the molecule is CC1COC2(C)NC(C)COC2(C)N1. The molecule has 0 aromatic rings. The number of ether oxygens (including phenoxy) is 2. The van der Waals surface area contributed by atoms with Gasteiger partial charge < -0.3 is 9.47 Å². The standard InChI is InChI=1S/C10H20N2O2/c1-7-5-13-10(4)9(3,11-7)14-6-8(2)12-10/h7-8,11-12H,5-6H2,1-4H3. The van der Waals surface area contributed by atoms with Crippen LogP contribution in [0, 0.1) is 0 Å². The second-order valence-corrected chi connectivity index (χ2v) is 4.78. The molecule has 2 N–H and O–H groups in total. The minimum Gasteiger partial charge on any atom is -0.355 e. The normalized spacial score (nSPS) is 54.0. The molecule has 0 bridgehead atoms. The maximum Gasteiger partial charge on any atom is 0.159 e. The molecule has 4 heteroatoms. The molecule has 2 saturated heterocycles. The Bertz CT molecular complexity index is 212. The van der Waals surface area contributed by atoms with Crippen molar-refractivity contribution in [2.45, 2.75) is 51.2 Å². The van der Waals surface area contributed by atoms with Crippen LogP contribution in [0.15, 0.2) is 0 Å². The Morgan fingerprint density at radius 2 is 1.29 bits per heavy atom. The van der Waals surface area contributed by atoms with Gasteiger partial charge in [-0.15, -0.1) is 0 Å². The van der Waals surface area contributed by atoms with Crippen molar-refractivity contribution in [2.24, 2.45) is 0 Å². The third-order valence-corrected chi connectivity index (χ3v) is 3.20. The van der Waals surface area contributed by atoms with Gasteiger partial charge in [0.2, 0.25) is 0 Å². The summed E-state index contributed by atoms with van der Waals surface area (Å²) in [4.78, 5) is 0. The Morgan fingerprint density at radius 1 is 0.929 bits per heavy atom. The molecule has 0 aromatic carbocycles. The van der Waals surface area contributed by atoms with Gasteiger partial charge in [-0.05, 0) is 27.7 Å². The average Bonchev–Trinajstić information content (AvgIpc) is 2.08. The van der Waals surface area contributed by atoms with Crippen LogP contribution in [0.5, 0.6) is 0 Å². The Morgan fingerprint density at radius 3 is 1.64 bits per heavy atom. The topological polar surface area (TPSA) is 42.5 Å². The fourth-order valence-corrected chi connectivity index (χ4v) is 2.24. The van der Waals surface area contributed by atoms with Gasteiger partial charge in [0.15, 0.2) is 11.4 Å². The van der Waals surface area contributed by atoms with Crippen LogP contribution in [-0.2, 0) is 9.47 Å². The van der Waals surface area contributed by atoms with Crippen LogP contribution >= 0.6 is 0 Å². The first-order chi connectivity index (χ1) is 6.45. The monoisotopic (exact) mass is 200 g/mol. The van der Waals surface area contributed by atoms with E-state index in [0.717, 1.165) is 13.2 Å². The van der Waals surface area contributed by atoms with E-state index >= 15 is 0 Å². The van der Waals surface area contributed by atoms with Crippen molar-refractivity contribution in [1.82, 2.24) is 10.6 Å². The van der Waals surface area contributed by atoms with Gasteiger partial charge in [-0.3, -0.25) is 10.6 Å². The maximum atomic E-state index is 5.86. The Kier molecular flexibility index (Phi) is 2.34. The fraction of sp³-hybridized carbons (Fsp3) is 1.00. The minimum atomic E-state index is -0.419. The van der Waals surface area contributed by atoms with Crippen LogP contribution in [0.25, 0.3) is 0 Å². The van der Waals surface area contributed by atoms with Gasteiger partial charge in [0, 0.05) is 12.1 Å². The molecule has 2 aliphatic heterocycles. The molecule has 82 valence electrons. The summed E-state index contributed by atoms with van der Waals surface area (Å²) in [5.74, 6) is 0. The van der Waals surface area contributed by atoms with Gasteiger partial charge in [-0.25, -0.2) is 0 Å². The lowest BCUT2D eigenvalue weighted by molar-refractivity contribution is -0.283. The Hall–Kier alpha value is -0.160. The summed E-state index contributed by atoms with van der Waals surface area (Å²) in [5.41, 5.74) is -0.839. The van der Waals surface area contributed by atoms with Gasteiger partial charge in [0.05, 0.1) is 13.2 Å². The van der Waals surface area contributed by atoms with Crippen molar-refractivity contribution in [2.75, 3.05) is 13.2 Å². The minimum absolute atomic E-state index is 0.336. The number of fused-ring (bicyclic) bond motifs is 1. The van der Waals surface area contributed by atoms with Gasteiger partial charge in [0.1, 0.15) is 0 Å². The van der Waals surface area contributed by atoms with Crippen LogP contribution in [0.4, 0.5) is 0 Å². The third kappa shape index (κ3) is 1.46. The molecule has 0 radical (unpaired) electrons. The number of hydrogen-bond acceptors (Lipinski definition) is 4. The van der Waals surface area contributed by atoms with E-state index < -0.39 is 11.4 Å². The molecule has 0 aliphatic carbocycles. The van der Waals surface area contributed by atoms with E-state index in [-0.39, 0.29) is 0 Å². The van der Waals surface area contributed by atoms with Crippen molar-refractivity contribution < 1.29 is 9.47 Å². The molecule has 4 atom stereocenters. The van der Waals surface area contributed by atoms with E-state index in [4.69, 9.17) is 9.47 Å². The van der Waals surface area contributed by atoms with E-state index in [0.29, 0.717) is 12.1 Å². The molecule has 4 nitrogen and oxygen atoms in total. The lowest BCUT2D eigenvalue weighted by Crippen LogP contribution is -2.78. The average molecular weight is 200 g/mol. The molecule has 14 heavy (non-hydrogen) atoms. The molecule has 0 spiro atoms. The summed E-state index contributed by atoms with van der Waals surface area (Å²) in [7, 11) is 0. The Balaban J connectivity index is 2.20. The molecular weight excluding hydrogens is 180 g/mol. The number of nitrogens with one attached hydrogen (secondary N) is 2. The quantitative estimate of drug-likeness (QED) is 0.595. The first-order valence-corrected chi connectivity index (χ1v) is 5.28. The molecule has 0 saturated carbocycles. The summed E-state index contributed by atoms with van der Waals surface area (Å²) in [5, 5.41) is 6.89. The smallest absolute Gasteiger partial charge is 0.159 e. The van der Waals surface area contributed by atoms with Crippen LogP contribution in [-0.4, -0.2) is 36.7 Å². The molecule has 2 rings (SSSR count). The van der Waals surface area contributed by atoms with E-state index in [2.05, 4.69) is 24.5 Å².